The zero-order chi connectivity index (χ0) is 20.5. The predicted octanol–water partition coefficient (Wildman–Crippen LogP) is 3.66. The van der Waals surface area contributed by atoms with Gasteiger partial charge in [0.25, 0.3) is 11.2 Å². The first-order chi connectivity index (χ1) is 14.0. The third-order valence-electron chi connectivity index (χ3n) is 4.50. The zero-order valence-corrected chi connectivity index (χ0v) is 14.9. The van der Waals surface area contributed by atoms with Crippen LogP contribution in [0.2, 0.25) is 0 Å². The lowest BCUT2D eigenvalue weighted by molar-refractivity contribution is -0.384. The van der Waals surface area contributed by atoms with Crippen molar-refractivity contribution in [1.82, 2.24) is 9.78 Å². The summed E-state index contributed by atoms with van der Waals surface area (Å²) in [5.41, 5.74) is -0.189. The van der Waals surface area contributed by atoms with Gasteiger partial charge in [-0.3, -0.25) is 14.9 Å². The lowest BCUT2D eigenvalue weighted by Gasteiger charge is -2.12. The number of nitrogens with zero attached hydrogens (tertiary/aromatic N) is 3. The van der Waals surface area contributed by atoms with E-state index in [1.807, 2.05) is 30.3 Å². The Morgan fingerprint density at radius 3 is 2.28 bits per heavy atom. The third kappa shape index (κ3) is 3.12. The molecule has 1 heterocycles. The molecule has 1 aromatic heterocycles. The van der Waals surface area contributed by atoms with Gasteiger partial charge in [-0.1, -0.05) is 48.5 Å². The maximum absolute atomic E-state index is 13.1. The molecule has 8 nitrogen and oxygen atoms in total. The first kappa shape index (κ1) is 18.1. The summed E-state index contributed by atoms with van der Waals surface area (Å²) in [4.78, 5) is 35.1. The van der Waals surface area contributed by atoms with E-state index in [2.05, 4.69) is 5.10 Å². The summed E-state index contributed by atoms with van der Waals surface area (Å²) >= 11 is 0. The minimum Gasteiger partial charge on any atom is -0.478 e. The van der Waals surface area contributed by atoms with Crippen LogP contribution in [0.3, 0.4) is 0 Å². The summed E-state index contributed by atoms with van der Waals surface area (Å²) in [6, 6.07) is 19.4. The molecule has 1 N–H and O–H groups in total. The van der Waals surface area contributed by atoms with E-state index < -0.39 is 22.1 Å². The van der Waals surface area contributed by atoms with Crippen LogP contribution < -0.4 is 5.56 Å². The molecule has 142 valence electrons. The highest BCUT2D eigenvalue weighted by atomic mass is 16.6. The summed E-state index contributed by atoms with van der Waals surface area (Å²) in [5, 5.41) is 26.1. The van der Waals surface area contributed by atoms with E-state index in [1.54, 1.807) is 24.3 Å². The molecule has 29 heavy (non-hydrogen) atoms. The molecule has 0 atom stereocenters. The second-order valence-corrected chi connectivity index (χ2v) is 6.24. The number of hydrogen-bond acceptors (Lipinski definition) is 5. The minimum absolute atomic E-state index is 0.104. The van der Waals surface area contributed by atoms with E-state index in [9.17, 15) is 19.7 Å². The molecule has 0 aliphatic heterocycles. The topological polar surface area (TPSA) is 115 Å². The zero-order valence-electron chi connectivity index (χ0n) is 14.9. The van der Waals surface area contributed by atoms with Crippen LogP contribution in [0.15, 0.2) is 77.6 Å². The second-order valence-electron chi connectivity index (χ2n) is 6.24. The molecule has 0 unspecified atom stereocenters. The number of rotatable bonds is 4. The van der Waals surface area contributed by atoms with Crippen molar-refractivity contribution in [2.75, 3.05) is 0 Å². The van der Waals surface area contributed by atoms with Crippen LogP contribution in [0.5, 0.6) is 0 Å². The molecule has 4 aromatic rings. The molecular formula is C21H13N3O5. The molecule has 0 spiro atoms. The van der Waals surface area contributed by atoms with Crippen molar-refractivity contribution in [2.24, 2.45) is 0 Å². The fourth-order valence-corrected chi connectivity index (χ4v) is 3.14. The van der Waals surface area contributed by atoms with E-state index in [0.717, 1.165) is 16.3 Å². The highest BCUT2D eigenvalue weighted by Gasteiger charge is 2.22. The molecule has 0 fully saturated rings. The lowest BCUT2D eigenvalue weighted by atomic mass is 10.0. The van der Waals surface area contributed by atoms with Crippen LogP contribution >= 0.6 is 0 Å². The highest BCUT2D eigenvalue weighted by Crippen LogP contribution is 2.28. The molecule has 0 aliphatic carbocycles. The van der Waals surface area contributed by atoms with Crippen LogP contribution in [-0.2, 0) is 0 Å². The molecule has 0 bridgehead atoms. The van der Waals surface area contributed by atoms with Gasteiger partial charge in [0.1, 0.15) is 5.69 Å². The molecule has 3 aromatic carbocycles. The van der Waals surface area contributed by atoms with Crippen molar-refractivity contribution in [1.29, 1.82) is 0 Å². The quantitative estimate of drug-likeness (QED) is 0.422. The molecule has 4 rings (SSSR count). The van der Waals surface area contributed by atoms with Crippen LogP contribution in [0.4, 0.5) is 5.69 Å². The van der Waals surface area contributed by atoms with Gasteiger partial charge in [0.15, 0.2) is 0 Å². The molecular weight excluding hydrogens is 374 g/mol. The Morgan fingerprint density at radius 2 is 1.62 bits per heavy atom. The average molecular weight is 387 g/mol. The van der Waals surface area contributed by atoms with Crippen molar-refractivity contribution in [3.8, 4) is 16.9 Å². The first-order valence-corrected chi connectivity index (χ1v) is 8.57. The molecule has 0 saturated heterocycles. The van der Waals surface area contributed by atoms with Gasteiger partial charge in [0.05, 0.1) is 21.6 Å². The summed E-state index contributed by atoms with van der Waals surface area (Å²) in [5.74, 6) is -1.30. The Kier molecular flexibility index (Phi) is 4.36. The van der Waals surface area contributed by atoms with E-state index in [-0.39, 0.29) is 11.3 Å². The van der Waals surface area contributed by atoms with Crippen molar-refractivity contribution in [2.45, 2.75) is 0 Å². The maximum atomic E-state index is 13.1. The Labute approximate surface area is 163 Å². The summed E-state index contributed by atoms with van der Waals surface area (Å²) in [7, 11) is 0. The molecule has 0 radical (unpaired) electrons. The Hall–Kier alpha value is -4.33. The minimum atomic E-state index is -1.30. The fraction of sp³-hybridized carbons (Fsp3) is 0. The summed E-state index contributed by atoms with van der Waals surface area (Å²) < 4.78 is 0.953. The Balaban J connectivity index is 2.08. The van der Waals surface area contributed by atoms with Crippen molar-refractivity contribution < 1.29 is 14.8 Å². The van der Waals surface area contributed by atoms with Gasteiger partial charge in [-0.05, 0) is 18.2 Å². The predicted molar refractivity (Wildman–Crippen MR) is 106 cm³/mol. The average Bonchev–Trinajstić information content (AvgIpc) is 2.74. The van der Waals surface area contributed by atoms with Gasteiger partial charge in [-0.25, -0.2) is 4.79 Å². The van der Waals surface area contributed by atoms with Crippen LogP contribution in [0.25, 0.3) is 27.7 Å². The van der Waals surface area contributed by atoms with Gasteiger partial charge in [-0.2, -0.15) is 9.78 Å². The number of nitro groups is 1. The van der Waals surface area contributed by atoms with Crippen LogP contribution in [0, 0.1) is 10.1 Å². The number of hydrogen-bond donors (Lipinski definition) is 1. The lowest BCUT2D eigenvalue weighted by Crippen LogP contribution is -2.23. The van der Waals surface area contributed by atoms with Gasteiger partial charge < -0.3 is 5.11 Å². The van der Waals surface area contributed by atoms with Crippen LogP contribution in [-0.4, -0.2) is 25.8 Å². The standard InChI is InChI=1S/C21H13N3O5/c25-20-16-9-5-4-8-15(16)19(13-6-2-1-3-7-13)22-23(20)17-11-10-14(21(26)27)12-18(17)24(28)29/h1-12H,(H,26,27). The van der Waals surface area contributed by atoms with Crippen LogP contribution in [0.1, 0.15) is 10.4 Å². The number of fused-ring (bicyclic) bond motifs is 1. The van der Waals surface area contributed by atoms with Crippen molar-refractivity contribution in [3.63, 3.8) is 0 Å². The highest BCUT2D eigenvalue weighted by molar-refractivity contribution is 5.94. The van der Waals surface area contributed by atoms with Crippen molar-refractivity contribution in [3.05, 3.63) is 98.8 Å². The Morgan fingerprint density at radius 1 is 0.966 bits per heavy atom. The SMILES string of the molecule is O=C(O)c1ccc(-n2nc(-c3ccccc3)c3ccccc3c2=O)c([N+](=O)[O-])c1. The summed E-state index contributed by atoms with van der Waals surface area (Å²) in [6.07, 6.45) is 0. The van der Waals surface area contributed by atoms with E-state index >= 15 is 0 Å². The Bertz CT molecular complexity index is 1330. The smallest absolute Gasteiger partial charge is 0.335 e. The number of carbonyl (C=O) groups is 1. The number of nitro benzene ring substituents is 1. The number of benzene rings is 3. The molecule has 0 saturated carbocycles. The van der Waals surface area contributed by atoms with Gasteiger partial charge in [0, 0.05) is 17.0 Å². The normalized spacial score (nSPS) is 10.8. The van der Waals surface area contributed by atoms with Gasteiger partial charge in [-0.15, -0.1) is 0 Å². The largest absolute Gasteiger partial charge is 0.478 e. The van der Waals surface area contributed by atoms with E-state index in [4.69, 9.17) is 5.11 Å². The maximum Gasteiger partial charge on any atom is 0.335 e. The first-order valence-electron chi connectivity index (χ1n) is 8.57. The molecule has 0 amide bonds. The monoisotopic (exact) mass is 387 g/mol. The van der Waals surface area contributed by atoms with E-state index in [1.165, 1.54) is 12.1 Å². The van der Waals surface area contributed by atoms with Crippen molar-refractivity contribution >= 4 is 22.4 Å². The second kappa shape index (κ2) is 7.01. The molecule has 0 aliphatic rings. The van der Waals surface area contributed by atoms with Gasteiger partial charge >= 0.3 is 5.97 Å². The molecule has 8 heteroatoms. The third-order valence-corrected chi connectivity index (χ3v) is 4.50. The number of aromatic carboxylic acids is 1. The summed E-state index contributed by atoms with van der Waals surface area (Å²) in [6.45, 7) is 0. The fourth-order valence-electron chi connectivity index (χ4n) is 3.14. The van der Waals surface area contributed by atoms with Gasteiger partial charge in [0.2, 0.25) is 0 Å². The van der Waals surface area contributed by atoms with E-state index in [0.29, 0.717) is 16.5 Å². The number of carboxylic acids is 1. The number of carboxylic acid groups (broad SMARTS) is 1. The number of aromatic nitrogens is 2.